The molecule has 0 unspecified atom stereocenters. The van der Waals surface area contributed by atoms with Gasteiger partial charge in [-0.05, 0) is 89.4 Å². The molecule has 1 saturated heterocycles. The zero-order chi connectivity index (χ0) is 41.1. The molecule has 5 aromatic carbocycles. The first-order chi connectivity index (χ1) is 30.6. The van der Waals surface area contributed by atoms with Gasteiger partial charge in [-0.1, -0.05) is 137 Å². The maximum atomic E-state index is 6.60. The largest absolute Gasteiger partial charge is 0.377 e. The average molecular weight is 867 g/mol. The minimum atomic E-state index is -0.0567. The molecule has 0 spiro atoms. The fourth-order valence-electron chi connectivity index (χ4n) is 9.94. The van der Waals surface area contributed by atoms with Gasteiger partial charge in [0, 0.05) is 72.6 Å². The van der Waals surface area contributed by atoms with Crippen LogP contribution in [0.15, 0.2) is 162 Å². The van der Waals surface area contributed by atoms with Gasteiger partial charge in [-0.15, -0.1) is 0 Å². The topological polar surface area (TPSA) is 78.6 Å². The number of rotatable bonds is 5. The van der Waals surface area contributed by atoms with Gasteiger partial charge in [0.25, 0.3) is 0 Å². The Hall–Kier alpha value is -7.06. The highest BCUT2D eigenvalue weighted by Crippen LogP contribution is 2.52. The van der Waals surface area contributed by atoms with E-state index in [-0.39, 0.29) is 18.1 Å². The van der Waals surface area contributed by atoms with Crippen LogP contribution in [-0.2, 0) is 4.74 Å². The summed E-state index contributed by atoms with van der Waals surface area (Å²) in [5, 5.41) is 4.05. The van der Waals surface area contributed by atoms with Crippen molar-refractivity contribution in [3.8, 4) is 44.5 Å². The minimum absolute atomic E-state index is 0.0364. The second kappa shape index (κ2) is 15.1. The van der Waals surface area contributed by atoms with Gasteiger partial charge in [0.15, 0.2) is 0 Å². The number of nitrogens with zero attached hydrogens (tertiary/aromatic N) is 2. The van der Waals surface area contributed by atoms with Crippen molar-refractivity contribution in [2.45, 2.75) is 18.6 Å². The van der Waals surface area contributed by atoms with Crippen LogP contribution in [0.4, 0.5) is 5.69 Å². The van der Waals surface area contributed by atoms with E-state index < -0.39 is 0 Å². The van der Waals surface area contributed by atoms with E-state index in [2.05, 4.69) is 213 Å². The Morgan fingerprint density at radius 2 is 1.00 bits per heavy atom. The quantitative estimate of drug-likeness (QED) is 0.161. The molecule has 1 fully saturated rings. The van der Waals surface area contributed by atoms with Crippen molar-refractivity contribution in [2.24, 2.45) is 5.92 Å². The van der Waals surface area contributed by atoms with Gasteiger partial charge in [-0.2, -0.15) is 0 Å². The van der Waals surface area contributed by atoms with Crippen LogP contribution in [0.3, 0.4) is 0 Å². The molecule has 62 heavy (non-hydrogen) atoms. The summed E-state index contributed by atoms with van der Waals surface area (Å²) < 4.78 is 7.66. The van der Waals surface area contributed by atoms with Crippen molar-refractivity contribution in [1.29, 1.82) is 0 Å². The number of benzene rings is 5. The Balaban J connectivity index is 1.26. The van der Waals surface area contributed by atoms with Crippen LogP contribution in [-0.4, -0.2) is 26.5 Å². The number of halogens is 1. The van der Waals surface area contributed by atoms with E-state index in [1.54, 1.807) is 0 Å². The highest BCUT2D eigenvalue weighted by molar-refractivity contribution is 9.10. The number of anilines is 1. The SMILES string of the molecule is Brc1ccc2c(c1)[C@@H]1OCC[C@@H]1[C@H](c1cc3[nH]c1c(-c1ccccc1)c1nc(c(-c4ccccc4)c4nc(c(-c5ccccc5)c5ccc([nH]5)c3-c3ccccc3)C=C4)C=C1)N2. The lowest BCUT2D eigenvalue weighted by molar-refractivity contribution is 0.0830. The molecule has 3 N–H and O–H groups in total. The van der Waals surface area contributed by atoms with Gasteiger partial charge in [0.05, 0.1) is 40.4 Å². The summed E-state index contributed by atoms with van der Waals surface area (Å²) in [5.74, 6) is 0.198. The molecule has 0 amide bonds. The lowest BCUT2D eigenvalue weighted by Gasteiger charge is -2.36. The van der Waals surface area contributed by atoms with E-state index in [0.29, 0.717) is 6.61 Å². The smallest absolute Gasteiger partial charge is 0.0897 e. The number of nitrogens with one attached hydrogen (secondary N) is 3. The van der Waals surface area contributed by atoms with E-state index in [0.717, 1.165) is 106 Å². The average Bonchev–Trinajstić information content (AvgIpc) is 4.19. The molecular formula is C55H40BrN5O. The molecule has 6 nitrogen and oxygen atoms in total. The van der Waals surface area contributed by atoms with E-state index in [4.69, 9.17) is 14.7 Å². The van der Waals surface area contributed by atoms with Crippen molar-refractivity contribution in [3.63, 3.8) is 0 Å². The lowest BCUT2D eigenvalue weighted by Crippen LogP contribution is -2.29. The summed E-state index contributed by atoms with van der Waals surface area (Å²) in [6.07, 6.45) is 9.51. The van der Waals surface area contributed by atoms with Crippen LogP contribution in [0.1, 0.15) is 52.5 Å². The molecular weight excluding hydrogens is 827 g/mol. The standard InChI is InChI=1S/C55H40BrN5O/c56-37-21-22-41-39(31-37)55-38(29-30-62-55)53(60-41)40-32-48-51(35-17-9-3-10-18-35)46-26-25-44(58-46)49(33-13-5-1-6-14-33)42-23-24-43(57-42)50(34-15-7-2-8-16-34)45-27-28-47(59-45)52(54(40)61-48)36-19-11-4-12-20-36/h1-28,31-32,38,53,55,58,60-61H,29-30H2/t38-,53-,55-/m1/s1. The zero-order valence-corrected chi connectivity index (χ0v) is 35.2. The number of hydrogen-bond acceptors (Lipinski definition) is 4. The maximum absolute atomic E-state index is 6.60. The Morgan fingerprint density at radius 1 is 0.484 bits per heavy atom. The molecule has 12 rings (SSSR count). The van der Waals surface area contributed by atoms with Crippen LogP contribution in [0, 0.1) is 5.92 Å². The molecule has 8 aromatic rings. The third kappa shape index (κ3) is 6.27. The Morgan fingerprint density at radius 3 is 1.61 bits per heavy atom. The predicted octanol–water partition coefficient (Wildman–Crippen LogP) is 14.3. The first kappa shape index (κ1) is 36.8. The summed E-state index contributed by atoms with van der Waals surface area (Å²) >= 11 is 3.74. The number of ether oxygens (including phenoxy) is 1. The first-order valence-electron chi connectivity index (χ1n) is 21.2. The summed E-state index contributed by atoms with van der Waals surface area (Å²) in [6.45, 7) is 0.706. The van der Waals surface area contributed by atoms with Gasteiger partial charge >= 0.3 is 0 Å². The van der Waals surface area contributed by atoms with Gasteiger partial charge < -0.3 is 20.0 Å². The summed E-state index contributed by atoms with van der Waals surface area (Å²) in [4.78, 5) is 19.1. The zero-order valence-electron chi connectivity index (χ0n) is 33.6. The van der Waals surface area contributed by atoms with Crippen LogP contribution in [0.5, 0.6) is 0 Å². The van der Waals surface area contributed by atoms with Crippen LogP contribution in [0.2, 0.25) is 0 Å². The van der Waals surface area contributed by atoms with Crippen molar-refractivity contribution in [2.75, 3.05) is 11.9 Å². The highest BCUT2D eigenvalue weighted by Gasteiger charge is 2.42. The van der Waals surface area contributed by atoms with E-state index in [9.17, 15) is 0 Å². The minimum Gasteiger partial charge on any atom is -0.377 e. The number of hydrogen-bond donors (Lipinski definition) is 3. The summed E-state index contributed by atoms with van der Waals surface area (Å²) in [5.41, 5.74) is 19.4. The normalized spacial score (nSPS) is 17.4. The highest BCUT2D eigenvalue weighted by atomic mass is 79.9. The van der Waals surface area contributed by atoms with Crippen molar-refractivity contribution in [1.82, 2.24) is 19.9 Å². The van der Waals surface area contributed by atoms with Gasteiger partial charge in [0.2, 0.25) is 0 Å². The molecule has 4 aliphatic heterocycles. The van der Waals surface area contributed by atoms with E-state index in [1.807, 2.05) is 0 Å². The number of fused-ring (bicyclic) bond motifs is 11. The third-order valence-corrected chi connectivity index (χ3v) is 13.2. The van der Waals surface area contributed by atoms with E-state index in [1.165, 1.54) is 11.1 Å². The van der Waals surface area contributed by atoms with Crippen LogP contribution < -0.4 is 5.32 Å². The number of aromatic amines is 2. The molecule has 7 heteroatoms. The van der Waals surface area contributed by atoms with Crippen molar-refractivity contribution >= 4 is 68.0 Å². The molecule has 7 heterocycles. The monoisotopic (exact) mass is 865 g/mol. The summed E-state index contributed by atoms with van der Waals surface area (Å²) in [6, 6.07) is 55.7. The first-order valence-corrected chi connectivity index (χ1v) is 22.0. The number of H-pyrrole nitrogens is 2. The van der Waals surface area contributed by atoms with Gasteiger partial charge in [-0.3, -0.25) is 0 Å². The molecule has 298 valence electrons. The van der Waals surface area contributed by atoms with Crippen molar-refractivity contribution < 1.29 is 4.74 Å². The molecule has 4 aliphatic rings. The molecule has 3 aromatic heterocycles. The maximum Gasteiger partial charge on any atom is 0.0897 e. The fourth-order valence-corrected chi connectivity index (χ4v) is 10.3. The Labute approximate surface area is 367 Å². The summed E-state index contributed by atoms with van der Waals surface area (Å²) in [7, 11) is 0. The predicted molar refractivity (Wildman–Crippen MR) is 258 cm³/mol. The van der Waals surface area contributed by atoms with Crippen molar-refractivity contribution in [3.05, 3.63) is 196 Å². The number of aromatic nitrogens is 4. The molecule has 8 bridgehead atoms. The van der Waals surface area contributed by atoms with Gasteiger partial charge in [-0.25, -0.2) is 9.97 Å². The molecule has 0 aliphatic carbocycles. The Bertz CT molecular complexity index is 3260. The second-order valence-electron chi connectivity index (χ2n) is 16.3. The fraction of sp³-hybridized carbons (Fsp3) is 0.0909. The Kier molecular flexibility index (Phi) is 8.97. The molecule has 3 atom stereocenters. The van der Waals surface area contributed by atoms with E-state index >= 15 is 0 Å². The molecule has 0 saturated carbocycles. The van der Waals surface area contributed by atoms with Gasteiger partial charge in [0.1, 0.15) is 0 Å². The second-order valence-corrected chi connectivity index (χ2v) is 17.2. The van der Waals surface area contributed by atoms with Crippen LogP contribution in [0.25, 0.3) is 90.9 Å². The molecule has 0 radical (unpaired) electrons. The third-order valence-electron chi connectivity index (χ3n) is 12.7. The van der Waals surface area contributed by atoms with Crippen LogP contribution >= 0.6 is 15.9 Å². The lowest BCUT2D eigenvalue weighted by atomic mass is 9.80.